The fourth-order valence-corrected chi connectivity index (χ4v) is 1.56. The molecule has 1 aromatic rings. The van der Waals surface area contributed by atoms with Gasteiger partial charge in [0.1, 0.15) is 11.6 Å². The molecule has 1 aromatic carbocycles. The second-order valence-corrected chi connectivity index (χ2v) is 4.31. The fourth-order valence-electron chi connectivity index (χ4n) is 1.56. The van der Waals surface area contributed by atoms with Crippen LogP contribution in [-0.2, 0) is 4.79 Å². The molecule has 0 fully saturated rings. The van der Waals surface area contributed by atoms with Crippen LogP contribution in [0.2, 0.25) is 0 Å². The van der Waals surface area contributed by atoms with Gasteiger partial charge in [-0.1, -0.05) is 26.0 Å². The van der Waals surface area contributed by atoms with E-state index >= 15 is 0 Å². The van der Waals surface area contributed by atoms with E-state index in [1.54, 1.807) is 13.8 Å². The van der Waals surface area contributed by atoms with Crippen LogP contribution in [-0.4, -0.2) is 27.9 Å². The molecule has 0 aromatic heterocycles. The van der Waals surface area contributed by atoms with Gasteiger partial charge in [-0.2, -0.15) is 0 Å². The number of carboxylic acids is 1. The van der Waals surface area contributed by atoms with Crippen molar-refractivity contribution in [2.45, 2.75) is 19.9 Å². The third kappa shape index (κ3) is 3.51. The molecule has 7 nitrogen and oxygen atoms in total. The van der Waals surface area contributed by atoms with Crippen molar-refractivity contribution < 1.29 is 19.6 Å². The summed E-state index contributed by atoms with van der Waals surface area (Å²) in [5.74, 6) is -2.28. The molecule has 0 saturated heterocycles. The van der Waals surface area contributed by atoms with Crippen LogP contribution in [0.15, 0.2) is 24.3 Å². The first-order chi connectivity index (χ1) is 8.84. The van der Waals surface area contributed by atoms with Gasteiger partial charge in [0, 0.05) is 6.07 Å². The summed E-state index contributed by atoms with van der Waals surface area (Å²) >= 11 is 0. The Morgan fingerprint density at radius 2 is 1.89 bits per heavy atom. The van der Waals surface area contributed by atoms with E-state index in [0.717, 1.165) is 0 Å². The van der Waals surface area contributed by atoms with Gasteiger partial charge in [-0.25, -0.2) is 4.79 Å². The Kier molecular flexibility index (Phi) is 4.57. The van der Waals surface area contributed by atoms with Gasteiger partial charge in [0.05, 0.1) is 4.92 Å². The number of nitrogens with zero attached hydrogens (tertiary/aromatic N) is 1. The number of aliphatic carboxylic acids is 1. The van der Waals surface area contributed by atoms with Crippen molar-refractivity contribution >= 4 is 17.6 Å². The van der Waals surface area contributed by atoms with Crippen LogP contribution < -0.4 is 5.32 Å². The first-order valence-electron chi connectivity index (χ1n) is 5.61. The molecule has 0 aliphatic heterocycles. The van der Waals surface area contributed by atoms with E-state index in [2.05, 4.69) is 5.32 Å². The number of carbonyl (C=O) groups is 2. The maximum absolute atomic E-state index is 11.9. The summed E-state index contributed by atoms with van der Waals surface area (Å²) < 4.78 is 0. The lowest BCUT2D eigenvalue weighted by Crippen LogP contribution is -2.44. The van der Waals surface area contributed by atoms with E-state index in [0.29, 0.717) is 0 Å². The van der Waals surface area contributed by atoms with Gasteiger partial charge in [-0.3, -0.25) is 14.9 Å². The Bertz CT molecular complexity index is 513. The van der Waals surface area contributed by atoms with E-state index < -0.39 is 22.8 Å². The summed E-state index contributed by atoms with van der Waals surface area (Å²) in [4.78, 5) is 33.0. The topological polar surface area (TPSA) is 110 Å². The summed E-state index contributed by atoms with van der Waals surface area (Å²) in [7, 11) is 0. The number of amides is 1. The molecule has 1 amide bonds. The van der Waals surface area contributed by atoms with Gasteiger partial charge in [-0.05, 0) is 12.0 Å². The van der Waals surface area contributed by atoms with E-state index in [1.165, 1.54) is 24.3 Å². The molecule has 0 unspecified atom stereocenters. The maximum Gasteiger partial charge on any atom is 0.326 e. The van der Waals surface area contributed by atoms with Crippen molar-refractivity contribution in [3.05, 3.63) is 39.9 Å². The van der Waals surface area contributed by atoms with Crippen molar-refractivity contribution in [3.8, 4) is 0 Å². The zero-order valence-corrected chi connectivity index (χ0v) is 10.5. The molecule has 1 atom stereocenters. The van der Waals surface area contributed by atoms with E-state index in [4.69, 9.17) is 5.11 Å². The molecule has 102 valence electrons. The minimum Gasteiger partial charge on any atom is -0.480 e. The Labute approximate surface area is 109 Å². The number of para-hydroxylation sites is 1. The molecule has 0 bridgehead atoms. The smallest absolute Gasteiger partial charge is 0.326 e. The summed E-state index contributed by atoms with van der Waals surface area (Å²) in [6, 6.07) is 4.30. The lowest BCUT2D eigenvalue weighted by atomic mass is 10.0. The van der Waals surface area contributed by atoms with Crippen LogP contribution in [0.3, 0.4) is 0 Å². The summed E-state index contributed by atoms with van der Waals surface area (Å²) in [6.07, 6.45) is 0. The van der Waals surface area contributed by atoms with Crippen molar-refractivity contribution in [3.63, 3.8) is 0 Å². The first kappa shape index (κ1) is 14.6. The molecule has 0 radical (unpaired) electrons. The molecule has 0 heterocycles. The number of carboxylic acid groups (broad SMARTS) is 1. The number of rotatable bonds is 5. The van der Waals surface area contributed by atoms with Crippen molar-refractivity contribution in [2.75, 3.05) is 0 Å². The third-order valence-electron chi connectivity index (χ3n) is 2.56. The molecule has 0 saturated carbocycles. The monoisotopic (exact) mass is 266 g/mol. The highest BCUT2D eigenvalue weighted by atomic mass is 16.6. The van der Waals surface area contributed by atoms with Gasteiger partial charge in [-0.15, -0.1) is 0 Å². The van der Waals surface area contributed by atoms with Crippen molar-refractivity contribution in [1.82, 2.24) is 5.32 Å². The molecular weight excluding hydrogens is 252 g/mol. The molecule has 7 heteroatoms. The van der Waals surface area contributed by atoms with Crippen LogP contribution >= 0.6 is 0 Å². The highest BCUT2D eigenvalue weighted by molar-refractivity contribution is 5.99. The van der Waals surface area contributed by atoms with E-state index in [9.17, 15) is 19.7 Å². The lowest BCUT2D eigenvalue weighted by Gasteiger charge is -2.17. The Morgan fingerprint density at radius 3 is 2.37 bits per heavy atom. The predicted octanol–water partition coefficient (Wildman–Crippen LogP) is 1.43. The minimum atomic E-state index is -1.18. The van der Waals surface area contributed by atoms with Gasteiger partial charge in [0.25, 0.3) is 11.6 Å². The maximum atomic E-state index is 11.9. The number of nitro benzene ring substituents is 1. The normalized spacial score (nSPS) is 11.9. The second kappa shape index (κ2) is 5.94. The number of carbonyl (C=O) groups excluding carboxylic acids is 1. The minimum absolute atomic E-state index is 0.153. The zero-order valence-electron chi connectivity index (χ0n) is 10.5. The fraction of sp³-hybridized carbons (Fsp3) is 0.333. The molecule has 0 aliphatic carbocycles. The van der Waals surface area contributed by atoms with Gasteiger partial charge in [0.15, 0.2) is 0 Å². The Balaban J connectivity index is 3.01. The van der Waals surface area contributed by atoms with Crippen LogP contribution in [0.5, 0.6) is 0 Å². The van der Waals surface area contributed by atoms with Crippen molar-refractivity contribution in [1.29, 1.82) is 0 Å². The highest BCUT2D eigenvalue weighted by Crippen LogP contribution is 2.18. The highest BCUT2D eigenvalue weighted by Gasteiger charge is 2.27. The summed E-state index contributed by atoms with van der Waals surface area (Å²) in [5, 5.41) is 22.0. The molecule has 0 aliphatic rings. The number of hydrogen-bond acceptors (Lipinski definition) is 4. The quantitative estimate of drug-likeness (QED) is 0.619. The Morgan fingerprint density at radius 1 is 1.32 bits per heavy atom. The molecule has 2 N–H and O–H groups in total. The average molecular weight is 266 g/mol. The summed E-state index contributed by atoms with van der Waals surface area (Å²) in [6.45, 7) is 3.27. The summed E-state index contributed by atoms with van der Waals surface area (Å²) in [5.41, 5.74) is -0.507. The number of hydrogen-bond donors (Lipinski definition) is 2. The molecular formula is C12H14N2O5. The van der Waals surface area contributed by atoms with E-state index in [-0.39, 0.29) is 17.2 Å². The predicted molar refractivity (Wildman–Crippen MR) is 66.8 cm³/mol. The largest absolute Gasteiger partial charge is 0.480 e. The number of benzene rings is 1. The first-order valence-corrected chi connectivity index (χ1v) is 5.61. The molecule has 19 heavy (non-hydrogen) atoms. The van der Waals surface area contributed by atoms with Crippen molar-refractivity contribution in [2.24, 2.45) is 5.92 Å². The van der Waals surface area contributed by atoms with Crippen LogP contribution in [0.25, 0.3) is 0 Å². The SMILES string of the molecule is CC(C)[C@@H](NC(=O)c1ccccc1[N+](=O)[O-])C(=O)O. The number of nitro groups is 1. The molecule has 1 rings (SSSR count). The third-order valence-corrected chi connectivity index (χ3v) is 2.56. The van der Waals surface area contributed by atoms with Gasteiger partial charge >= 0.3 is 5.97 Å². The standard InChI is InChI=1S/C12H14N2O5/c1-7(2)10(12(16)17)13-11(15)8-5-3-4-6-9(8)14(18)19/h3-7,10H,1-2H3,(H,13,15)(H,16,17)/t10-/m1/s1. The van der Waals surface area contributed by atoms with Crippen LogP contribution in [0.4, 0.5) is 5.69 Å². The van der Waals surface area contributed by atoms with Crippen LogP contribution in [0.1, 0.15) is 24.2 Å². The van der Waals surface area contributed by atoms with Gasteiger partial charge in [0.2, 0.25) is 0 Å². The van der Waals surface area contributed by atoms with Crippen LogP contribution in [0, 0.1) is 16.0 Å². The average Bonchev–Trinajstić information content (AvgIpc) is 2.34. The lowest BCUT2D eigenvalue weighted by molar-refractivity contribution is -0.385. The Hall–Kier alpha value is -2.44. The second-order valence-electron chi connectivity index (χ2n) is 4.31. The van der Waals surface area contributed by atoms with Gasteiger partial charge < -0.3 is 10.4 Å². The molecule has 0 spiro atoms. The van der Waals surface area contributed by atoms with E-state index in [1.807, 2.05) is 0 Å². The zero-order chi connectivity index (χ0) is 14.6. The number of nitrogens with one attached hydrogen (secondary N) is 1.